The lowest BCUT2D eigenvalue weighted by molar-refractivity contribution is -0.134. The minimum atomic E-state index is -0.833. The predicted octanol–water partition coefficient (Wildman–Crippen LogP) is 4.59. The Bertz CT molecular complexity index is 1330. The molecule has 3 aliphatic rings. The fourth-order valence-electron chi connectivity index (χ4n) is 4.56. The van der Waals surface area contributed by atoms with Crippen molar-refractivity contribution in [2.75, 3.05) is 16.8 Å². The molecule has 1 amide bonds. The zero-order valence-electron chi connectivity index (χ0n) is 19.7. The number of benzene rings is 3. The lowest BCUT2D eigenvalue weighted by Crippen LogP contribution is -2.55. The Hall–Kier alpha value is -4.07. The number of rotatable bonds is 3. The molecule has 1 atom stereocenters. The first-order chi connectivity index (χ1) is 16.9. The number of amidine groups is 1. The van der Waals surface area contributed by atoms with Gasteiger partial charge in [-0.05, 0) is 60.7 Å². The number of hydrazone groups is 1. The standard InChI is InChI=1S/C25H24N4O2.C2H4O2/c1-15-25(30)28-27-24-14-31-23-12-20(18-10-9-16-5-2-3-6-17(16)11-18)21(13-22(23)29(15)24)26-19-7-4-8-19;1-2(3)4/h2-3,5-6,9-13,15,19,26H,4,7-8,14H2,1H3,(H,28,30);1H3,(H,3,4). The number of carboxylic acid groups (broad SMARTS) is 1. The number of carbonyl (C=O) groups is 2. The number of carboxylic acids is 1. The summed E-state index contributed by atoms with van der Waals surface area (Å²) in [5.41, 5.74) is 6.82. The third-order valence-electron chi connectivity index (χ3n) is 6.58. The van der Waals surface area contributed by atoms with Crippen molar-refractivity contribution in [1.82, 2.24) is 5.43 Å². The van der Waals surface area contributed by atoms with Crippen LogP contribution in [0.2, 0.25) is 0 Å². The molecule has 1 unspecified atom stereocenters. The molecule has 2 aliphatic heterocycles. The van der Waals surface area contributed by atoms with Crippen molar-refractivity contribution in [1.29, 1.82) is 0 Å². The summed E-state index contributed by atoms with van der Waals surface area (Å²) in [6, 6.07) is 19.4. The Morgan fingerprint density at radius 3 is 2.60 bits per heavy atom. The molecule has 1 aliphatic carbocycles. The first kappa shape index (κ1) is 22.7. The Morgan fingerprint density at radius 1 is 1.14 bits per heavy atom. The fraction of sp³-hybridized carbons (Fsp3) is 0.296. The van der Waals surface area contributed by atoms with Crippen molar-refractivity contribution in [2.24, 2.45) is 5.10 Å². The van der Waals surface area contributed by atoms with E-state index in [9.17, 15) is 4.79 Å². The van der Waals surface area contributed by atoms with Crippen LogP contribution in [0.4, 0.5) is 11.4 Å². The topological polar surface area (TPSA) is 103 Å². The monoisotopic (exact) mass is 472 g/mol. The number of anilines is 2. The number of aliphatic carboxylic acids is 1. The number of hydrogen-bond acceptors (Lipinski definition) is 6. The third-order valence-corrected chi connectivity index (χ3v) is 6.58. The molecule has 0 spiro atoms. The molecule has 0 radical (unpaired) electrons. The molecule has 2 heterocycles. The second-order valence-corrected chi connectivity index (χ2v) is 9.06. The van der Waals surface area contributed by atoms with Gasteiger partial charge >= 0.3 is 0 Å². The largest absolute Gasteiger partial charge is 0.483 e. The van der Waals surface area contributed by atoms with Crippen LogP contribution < -0.4 is 20.4 Å². The molecule has 0 aromatic heterocycles. The molecule has 8 nitrogen and oxygen atoms in total. The van der Waals surface area contributed by atoms with E-state index in [0.717, 1.165) is 41.0 Å². The summed E-state index contributed by atoms with van der Waals surface area (Å²) >= 11 is 0. The second kappa shape index (κ2) is 9.29. The van der Waals surface area contributed by atoms with Crippen LogP contribution in [-0.2, 0) is 9.59 Å². The van der Waals surface area contributed by atoms with Crippen LogP contribution in [0.1, 0.15) is 33.1 Å². The lowest BCUT2D eigenvalue weighted by Gasteiger charge is -2.39. The molecule has 1 saturated carbocycles. The van der Waals surface area contributed by atoms with Crippen LogP contribution in [0, 0.1) is 0 Å². The smallest absolute Gasteiger partial charge is 0.300 e. The Kier molecular flexibility index (Phi) is 6.03. The fourth-order valence-corrected chi connectivity index (χ4v) is 4.56. The van der Waals surface area contributed by atoms with E-state index in [4.69, 9.17) is 14.6 Å². The van der Waals surface area contributed by atoms with Gasteiger partial charge in [0, 0.05) is 24.2 Å². The van der Waals surface area contributed by atoms with Gasteiger partial charge in [0.05, 0.1) is 5.69 Å². The summed E-state index contributed by atoms with van der Waals surface area (Å²) in [5.74, 6) is 0.569. The van der Waals surface area contributed by atoms with E-state index in [2.05, 4.69) is 70.4 Å². The predicted molar refractivity (Wildman–Crippen MR) is 137 cm³/mol. The van der Waals surface area contributed by atoms with Gasteiger partial charge in [-0.25, -0.2) is 5.43 Å². The zero-order valence-corrected chi connectivity index (χ0v) is 19.7. The summed E-state index contributed by atoms with van der Waals surface area (Å²) in [6.07, 6.45) is 3.62. The van der Waals surface area contributed by atoms with Gasteiger partial charge in [0.15, 0.2) is 5.84 Å². The first-order valence-corrected chi connectivity index (χ1v) is 11.8. The highest BCUT2D eigenvalue weighted by atomic mass is 16.5. The normalized spacial score (nSPS) is 18.6. The summed E-state index contributed by atoms with van der Waals surface area (Å²) < 4.78 is 6.07. The molecule has 180 valence electrons. The molecule has 0 saturated heterocycles. The zero-order chi connectivity index (χ0) is 24.5. The molecular formula is C27H28N4O4. The van der Waals surface area contributed by atoms with Crippen LogP contribution >= 0.6 is 0 Å². The average molecular weight is 473 g/mol. The Balaban J connectivity index is 0.000000591. The molecule has 6 rings (SSSR count). The van der Waals surface area contributed by atoms with Gasteiger partial charge in [-0.2, -0.15) is 5.10 Å². The van der Waals surface area contributed by atoms with Crippen molar-refractivity contribution in [3.8, 4) is 16.9 Å². The summed E-state index contributed by atoms with van der Waals surface area (Å²) in [7, 11) is 0. The summed E-state index contributed by atoms with van der Waals surface area (Å²) in [5, 5.41) is 17.8. The van der Waals surface area contributed by atoms with Crippen molar-refractivity contribution >= 4 is 39.9 Å². The van der Waals surface area contributed by atoms with Crippen molar-refractivity contribution in [3.05, 3.63) is 54.6 Å². The minimum absolute atomic E-state index is 0.108. The molecule has 1 fully saturated rings. The maximum absolute atomic E-state index is 12.3. The molecule has 35 heavy (non-hydrogen) atoms. The minimum Gasteiger partial charge on any atom is -0.483 e. The molecule has 3 N–H and O–H groups in total. The van der Waals surface area contributed by atoms with Crippen molar-refractivity contribution in [2.45, 2.75) is 45.2 Å². The highest BCUT2D eigenvalue weighted by molar-refractivity contribution is 6.10. The number of ether oxygens (including phenoxy) is 1. The van der Waals surface area contributed by atoms with Gasteiger partial charge in [0.1, 0.15) is 18.4 Å². The van der Waals surface area contributed by atoms with Gasteiger partial charge in [-0.1, -0.05) is 36.4 Å². The summed E-state index contributed by atoms with van der Waals surface area (Å²) in [4.78, 5) is 23.3. The van der Waals surface area contributed by atoms with E-state index in [-0.39, 0.29) is 11.9 Å². The van der Waals surface area contributed by atoms with Crippen LogP contribution in [-0.4, -0.2) is 41.5 Å². The molecule has 3 aromatic rings. The lowest BCUT2D eigenvalue weighted by atomic mass is 9.91. The Labute approximate surface area is 203 Å². The summed E-state index contributed by atoms with van der Waals surface area (Å²) in [6.45, 7) is 3.32. The number of hydrogen-bond donors (Lipinski definition) is 3. The molecule has 0 bridgehead atoms. The van der Waals surface area contributed by atoms with E-state index in [0.29, 0.717) is 12.6 Å². The second-order valence-electron chi connectivity index (χ2n) is 9.06. The molecular weight excluding hydrogens is 444 g/mol. The number of carbonyl (C=O) groups excluding carboxylic acids is 1. The number of fused-ring (bicyclic) bond motifs is 4. The maximum Gasteiger partial charge on any atom is 0.300 e. The average Bonchev–Trinajstić information content (AvgIpc) is 2.82. The maximum atomic E-state index is 12.3. The van der Waals surface area contributed by atoms with Gasteiger partial charge in [0.2, 0.25) is 0 Å². The molecule has 3 aromatic carbocycles. The number of nitrogens with one attached hydrogen (secondary N) is 2. The van der Waals surface area contributed by atoms with Crippen LogP contribution in [0.3, 0.4) is 0 Å². The molecule has 8 heteroatoms. The van der Waals surface area contributed by atoms with E-state index in [1.807, 2.05) is 11.8 Å². The van der Waals surface area contributed by atoms with Gasteiger partial charge in [0.25, 0.3) is 11.9 Å². The van der Waals surface area contributed by atoms with Crippen molar-refractivity contribution < 1.29 is 19.4 Å². The number of amides is 1. The highest BCUT2D eigenvalue weighted by Gasteiger charge is 2.36. The van der Waals surface area contributed by atoms with E-state index >= 15 is 0 Å². The number of nitrogens with zero attached hydrogens (tertiary/aromatic N) is 2. The Morgan fingerprint density at radius 2 is 1.89 bits per heavy atom. The van der Waals surface area contributed by atoms with E-state index in [1.54, 1.807) is 0 Å². The van der Waals surface area contributed by atoms with Crippen LogP contribution in [0.5, 0.6) is 5.75 Å². The quantitative estimate of drug-likeness (QED) is 0.515. The SMILES string of the molecule is CC(=O)O.CC1C(=O)NN=C2COc3cc(-c4ccc5ccccc5c4)c(NC4CCC4)cc3N21. The van der Waals surface area contributed by atoms with Gasteiger partial charge in [-0.15, -0.1) is 0 Å². The van der Waals surface area contributed by atoms with E-state index in [1.165, 1.54) is 30.0 Å². The van der Waals surface area contributed by atoms with Gasteiger partial charge < -0.3 is 20.1 Å². The van der Waals surface area contributed by atoms with Gasteiger partial charge in [-0.3, -0.25) is 9.59 Å². The first-order valence-electron chi connectivity index (χ1n) is 11.8. The third kappa shape index (κ3) is 4.51. The van der Waals surface area contributed by atoms with Crippen LogP contribution in [0.15, 0.2) is 59.7 Å². The van der Waals surface area contributed by atoms with Crippen LogP contribution in [0.25, 0.3) is 21.9 Å². The van der Waals surface area contributed by atoms with Crippen molar-refractivity contribution in [3.63, 3.8) is 0 Å². The highest BCUT2D eigenvalue weighted by Crippen LogP contribution is 2.44. The van der Waals surface area contributed by atoms with E-state index < -0.39 is 5.97 Å².